The number of halogens is 1. The van der Waals surface area contributed by atoms with E-state index in [1.54, 1.807) is 6.07 Å². The predicted octanol–water partition coefficient (Wildman–Crippen LogP) is 2.63. The van der Waals surface area contributed by atoms with E-state index in [4.69, 9.17) is 5.73 Å². The Kier molecular flexibility index (Phi) is 2.68. The van der Waals surface area contributed by atoms with Gasteiger partial charge in [0.2, 0.25) is 0 Å². The van der Waals surface area contributed by atoms with E-state index in [0.29, 0.717) is 6.54 Å². The van der Waals surface area contributed by atoms with Crippen molar-refractivity contribution in [3.63, 3.8) is 0 Å². The third kappa shape index (κ3) is 1.81. The number of imidazole rings is 1. The normalized spacial score (nSPS) is 13.9. The van der Waals surface area contributed by atoms with Crippen molar-refractivity contribution in [1.29, 1.82) is 0 Å². The number of pyridine rings is 1. The Morgan fingerprint density at radius 3 is 3.00 bits per heavy atom. The molecular formula is C16H15FN4. The molecule has 106 valence electrons. The molecule has 5 heteroatoms. The zero-order valence-electron chi connectivity index (χ0n) is 11.5. The van der Waals surface area contributed by atoms with Crippen LogP contribution in [0.3, 0.4) is 0 Å². The molecule has 3 heterocycles. The van der Waals surface area contributed by atoms with Crippen LogP contribution in [-0.4, -0.2) is 15.9 Å². The van der Waals surface area contributed by atoms with Crippen LogP contribution >= 0.6 is 0 Å². The Balaban J connectivity index is 1.91. The maximum absolute atomic E-state index is 13.6. The van der Waals surface area contributed by atoms with E-state index in [2.05, 4.69) is 9.88 Å². The molecule has 1 aliphatic heterocycles. The molecule has 0 atom stereocenters. The number of anilines is 2. The quantitative estimate of drug-likeness (QED) is 0.786. The molecule has 1 aliphatic rings. The molecule has 0 radical (unpaired) electrons. The standard InChI is InChI=1S/C16H15FN4/c17-12-5-4-11-6-8-21(13(11)9-12)16-14(10-18)20-7-2-1-3-15(20)19-16/h1-5,7,9H,6,8,10,18H2. The molecule has 3 aromatic rings. The highest BCUT2D eigenvalue weighted by atomic mass is 19.1. The third-order valence-corrected chi connectivity index (χ3v) is 4.00. The van der Waals surface area contributed by atoms with Gasteiger partial charge in [-0.05, 0) is 36.2 Å². The van der Waals surface area contributed by atoms with Gasteiger partial charge >= 0.3 is 0 Å². The van der Waals surface area contributed by atoms with Gasteiger partial charge in [-0.15, -0.1) is 0 Å². The van der Waals surface area contributed by atoms with E-state index in [1.165, 1.54) is 6.07 Å². The van der Waals surface area contributed by atoms with Crippen LogP contribution in [0.4, 0.5) is 15.9 Å². The van der Waals surface area contributed by atoms with Crippen molar-refractivity contribution in [2.75, 3.05) is 11.4 Å². The van der Waals surface area contributed by atoms with E-state index in [1.807, 2.05) is 34.9 Å². The van der Waals surface area contributed by atoms with Crippen molar-refractivity contribution in [3.05, 3.63) is 59.7 Å². The Bertz CT molecular complexity index is 824. The van der Waals surface area contributed by atoms with Gasteiger partial charge in [0, 0.05) is 25.0 Å². The number of nitrogens with two attached hydrogens (primary N) is 1. The van der Waals surface area contributed by atoms with E-state index in [9.17, 15) is 4.39 Å². The first-order valence-corrected chi connectivity index (χ1v) is 7.00. The number of fused-ring (bicyclic) bond motifs is 2. The summed E-state index contributed by atoms with van der Waals surface area (Å²) in [5.41, 5.74) is 9.77. The van der Waals surface area contributed by atoms with Gasteiger partial charge in [-0.25, -0.2) is 9.37 Å². The van der Waals surface area contributed by atoms with Crippen LogP contribution in [0, 0.1) is 5.82 Å². The molecule has 0 fully saturated rings. The summed E-state index contributed by atoms with van der Waals surface area (Å²) in [5.74, 6) is 0.603. The number of hydrogen-bond donors (Lipinski definition) is 1. The summed E-state index contributed by atoms with van der Waals surface area (Å²) >= 11 is 0. The van der Waals surface area contributed by atoms with E-state index >= 15 is 0 Å². The highest BCUT2D eigenvalue weighted by Crippen LogP contribution is 2.36. The predicted molar refractivity (Wildman–Crippen MR) is 80.2 cm³/mol. The molecule has 0 unspecified atom stereocenters. The average Bonchev–Trinajstić information content (AvgIpc) is 3.06. The van der Waals surface area contributed by atoms with Crippen LogP contribution in [0.5, 0.6) is 0 Å². The number of hydrogen-bond acceptors (Lipinski definition) is 3. The molecule has 2 N–H and O–H groups in total. The summed E-state index contributed by atoms with van der Waals surface area (Å²) in [6.45, 7) is 1.19. The fourth-order valence-corrected chi connectivity index (χ4v) is 3.01. The summed E-state index contributed by atoms with van der Waals surface area (Å²) in [5, 5.41) is 0. The summed E-state index contributed by atoms with van der Waals surface area (Å²) in [7, 11) is 0. The summed E-state index contributed by atoms with van der Waals surface area (Å²) in [4.78, 5) is 6.74. The molecular weight excluding hydrogens is 267 g/mol. The second-order valence-electron chi connectivity index (χ2n) is 5.19. The van der Waals surface area contributed by atoms with Gasteiger partial charge in [0.05, 0.1) is 5.69 Å². The van der Waals surface area contributed by atoms with Crippen LogP contribution in [-0.2, 0) is 13.0 Å². The summed E-state index contributed by atoms with van der Waals surface area (Å²) < 4.78 is 15.6. The molecule has 4 rings (SSSR count). The SMILES string of the molecule is NCc1c(N2CCc3ccc(F)cc32)nc2ccccn12. The van der Waals surface area contributed by atoms with Gasteiger partial charge in [0.25, 0.3) is 0 Å². The number of nitrogens with zero attached hydrogens (tertiary/aromatic N) is 3. The lowest BCUT2D eigenvalue weighted by molar-refractivity contribution is 0.628. The van der Waals surface area contributed by atoms with Crippen LogP contribution in [0.15, 0.2) is 42.6 Å². The highest BCUT2D eigenvalue weighted by Gasteiger charge is 2.25. The van der Waals surface area contributed by atoms with Crippen LogP contribution in [0.25, 0.3) is 5.65 Å². The van der Waals surface area contributed by atoms with Crippen LogP contribution < -0.4 is 10.6 Å². The lowest BCUT2D eigenvalue weighted by Crippen LogP contribution is -2.17. The van der Waals surface area contributed by atoms with Gasteiger partial charge in [-0.2, -0.15) is 0 Å². The van der Waals surface area contributed by atoms with Crippen LogP contribution in [0.2, 0.25) is 0 Å². The van der Waals surface area contributed by atoms with Crippen molar-refractivity contribution < 1.29 is 4.39 Å². The topological polar surface area (TPSA) is 46.6 Å². The van der Waals surface area contributed by atoms with Crippen molar-refractivity contribution in [2.24, 2.45) is 5.73 Å². The highest BCUT2D eigenvalue weighted by molar-refractivity contribution is 5.71. The molecule has 0 bridgehead atoms. The van der Waals surface area contributed by atoms with E-state index in [-0.39, 0.29) is 5.82 Å². The van der Waals surface area contributed by atoms with Gasteiger partial charge < -0.3 is 15.0 Å². The average molecular weight is 282 g/mol. The van der Waals surface area contributed by atoms with Crippen molar-refractivity contribution in [3.8, 4) is 0 Å². The van der Waals surface area contributed by atoms with Gasteiger partial charge in [0.1, 0.15) is 11.5 Å². The number of rotatable bonds is 2. The second kappa shape index (κ2) is 4.56. The first kappa shape index (κ1) is 12.3. The fraction of sp³-hybridized carbons (Fsp3) is 0.188. The van der Waals surface area contributed by atoms with Gasteiger partial charge in [0.15, 0.2) is 5.82 Å². The van der Waals surface area contributed by atoms with Crippen molar-refractivity contribution in [1.82, 2.24) is 9.38 Å². The second-order valence-corrected chi connectivity index (χ2v) is 5.19. The largest absolute Gasteiger partial charge is 0.325 e. The Labute approximate surface area is 121 Å². The van der Waals surface area contributed by atoms with Gasteiger partial charge in [-0.1, -0.05) is 12.1 Å². The van der Waals surface area contributed by atoms with E-state index < -0.39 is 0 Å². The molecule has 4 nitrogen and oxygen atoms in total. The Hall–Kier alpha value is -2.40. The molecule has 21 heavy (non-hydrogen) atoms. The molecule has 0 saturated heterocycles. The van der Waals surface area contributed by atoms with Crippen molar-refractivity contribution >= 4 is 17.2 Å². The first-order valence-electron chi connectivity index (χ1n) is 7.00. The smallest absolute Gasteiger partial charge is 0.156 e. The summed E-state index contributed by atoms with van der Waals surface area (Å²) in [6, 6.07) is 10.8. The first-order chi connectivity index (χ1) is 10.3. The summed E-state index contributed by atoms with van der Waals surface area (Å²) in [6.07, 6.45) is 2.85. The minimum absolute atomic E-state index is 0.223. The minimum atomic E-state index is -0.223. The fourth-order valence-electron chi connectivity index (χ4n) is 3.01. The lowest BCUT2D eigenvalue weighted by Gasteiger charge is -2.18. The zero-order valence-corrected chi connectivity index (χ0v) is 11.5. The number of benzene rings is 1. The molecule has 1 aromatic carbocycles. The zero-order chi connectivity index (χ0) is 14.4. The minimum Gasteiger partial charge on any atom is -0.325 e. The molecule has 0 amide bonds. The molecule has 0 spiro atoms. The van der Waals surface area contributed by atoms with Crippen LogP contribution in [0.1, 0.15) is 11.3 Å². The number of aromatic nitrogens is 2. The van der Waals surface area contributed by atoms with E-state index in [0.717, 1.165) is 41.4 Å². The Morgan fingerprint density at radius 2 is 2.14 bits per heavy atom. The maximum atomic E-state index is 13.6. The van der Waals surface area contributed by atoms with Gasteiger partial charge in [-0.3, -0.25) is 0 Å². The third-order valence-electron chi connectivity index (χ3n) is 4.00. The Morgan fingerprint density at radius 1 is 1.24 bits per heavy atom. The molecule has 2 aromatic heterocycles. The monoisotopic (exact) mass is 282 g/mol. The maximum Gasteiger partial charge on any atom is 0.156 e. The molecule has 0 aliphatic carbocycles. The van der Waals surface area contributed by atoms with Crippen molar-refractivity contribution in [2.45, 2.75) is 13.0 Å². The lowest BCUT2D eigenvalue weighted by atomic mass is 10.2. The molecule has 0 saturated carbocycles.